The van der Waals surface area contributed by atoms with Gasteiger partial charge in [-0.2, -0.15) is 0 Å². The van der Waals surface area contributed by atoms with Gasteiger partial charge in [-0.05, 0) is 11.6 Å². The van der Waals surface area contributed by atoms with Gasteiger partial charge in [-0.15, -0.1) is 0 Å². The van der Waals surface area contributed by atoms with E-state index in [4.69, 9.17) is 10.5 Å². The minimum atomic E-state index is 0.0376. The van der Waals surface area contributed by atoms with E-state index in [1.807, 2.05) is 24.3 Å². The second kappa shape index (κ2) is 3.38. The number of nitrogens with two attached hydrogens (primary N) is 1. The maximum absolute atomic E-state index is 5.43. The highest BCUT2D eigenvalue weighted by molar-refractivity contribution is 9.10. The van der Waals surface area contributed by atoms with Gasteiger partial charge < -0.3 is 10.5 Å². The van der Waals surface area contributed by atoms with Crippen molar-refractivity contribution in [2.75, 3.05) is 6.61 Å². The number of aliphatic imine (C=N–C) groups is 1. The Hall–Kier alpha value is -1.03. The summed E-state index contributed by atoms with van der Waals surface area (Å²) in [7, 11) is 0. The molecule has 68 valence electrons. The number of hydrogen-bond donors (Lipinski definition) is 1. The first kappa shape index (κ1) is 8.56. The predicted molar refractivity (Wildman–Crippen MR) is 54.5 cm³/mol. The Balaban J connectivity index is 2.31. The van der Waals surface area contributed by atoms with Crippen molar-refractivity contribution < 1.29 is 4.74 Å². The summed E-state index contributed by atoms with van der Waals surface area (Å²) in [5, 5.41) is 0. The molecule has 1 aliphatic rings. The summed E-state index contributed by atoms with van der Waals surface area (Å²) in [5.41, 5.74) is 6.54. The molecule has 0 bridgehead atoms. The van der Waals surface area contributed by atoms with Crippen LogP contribution in [-0.2, 0) is 4.74 Å². The van der Waals surface area contributed by atoms with Gasteiger partial charge in [-0.1, -0.05) is 34.1 Å². The van der Waals surface area contributed by atoms with Gasteiger partial charge in [0, 0.05) is 4.47 Å². The van der Waals surface area contributed by atoms with Crippen LogP contribution in [0.3, 0.4) is 0 Å². The van der Waals surface area contributed by atoms with Crippen LogP contribution in [0.25, 0.3) is 0 Å². The SMILES string of the molecule is NC1=N[C@@H](c2ccccc2Br)CO1. The molecule has 13 heavy (non-hydrogen) atoms. The van der Waals surface area contributed by atoms with E-state index in [1.54, 1.807) is 0 Å². The van der Waals surface area contributed by atoms with Crippen LogP contribution in [0.2, 0.25) is 0 Å². The zero-order chi connectivity index (χ0) is 9.26. The first-order valence-electron chi connectivity index (χ1n) is 3.98. The van der Waals surface area contributed by atoms with Crippen molar-refractivity contribution in [1.82, 2.24) is 0 Å². The maximum Gasteiger partial charge on any atom is 0.282 e. The Morgan fingerprint density at radius 1 is 1.46 bits per heavy atom. The lowest BCUT2D eigenvalue weighted by Crippen LogP contribution is -2.10. The molecule has 2 rings (SSSR count). The van der Waals surface area contributed by atoms with Crippen LogP contribution >= 0.6 is 15.9 Å². The molecular weight excluding hydrogens is 232 g/mol. The lowest BCUT2D eigenvalue weighted by atomic mass is 10.1. The second-order valence-corrected chi connectivity index (χ2v) is 3.67. The van der Waals surface area contributed by atoms with Crippen molar-refractivity contribution in [2.24, 2.45) is 10.7 Å². The van der Waals surface area contributed by atoms with Gasteiger partial charge in [0.1, 0.15) is 12.6 Å². The largest absolute Gasteiger partial charge is 0.463 e. The Morgan fingerprint density at radius 3 is 2.85 bits per heavy atom. The van der Waals surface area contributed by atoms with Gasteiger partial charge in [-0.3, -0.25) is 0 Å². The van der Waals surface area contributed by atoms with E-state index in [0.717, 1.165) is 10.0 Å². The number of benzene rings is 1. The molecule has 1 aromatic carbocycles. The predicted octanol–water partition coefficient (Wildman–Crippen LogP) is 1.84. The molecule has 1 heterocycles. The molecule has 0 saturated carbocycles. The van der Waals surface area contributed by atoms with E-state index in [0.29, 0.717) is 6.61 Å². The molecule has 0 amide bonds. The zero-order valence-electron chi connectivity index (χ0n) is 6.90. The minimum absolute atomic E-state index is 0.0376. The van der Waals surface area contributed by atoms with Crippen LogP contribution in [0.1, 0.15) is 11.6 Å². The van der Waals surface area contributed by atoms with Gasteiger partial charge in [0.2, 0.25) is 0 Å². The van der Waals surface area contributed by atoms with E-state index in [2.05, 4.69) is 20.9 Å². The molecule has 0 spiro atoms. The number of rotatable bonds is 1. The van der Waals surface area contributed by atoms with Crippen LogP contribution in [0.15, 0.2) is 33.7 Å². The second-order valence-electron chi connectivity index (χ2n) is 2.82. The topological polar surface area (TPSA) is 47.6 Å². The fourth-order valence-corrected chi connectivity index (χ4v) is 1.85. The van der Waals surface area contributed by atoms with E-state index in [1.165, 1.54) is 0 Å². The Labute approximate surface area is 84.7 Å². The van der Waals surface area contributed by atoms with Crippen LogP contribution in [-0.4, -0.2) is 12.6 Å². The summed E-state index contributed by atoms with van der Waals surface area (Å²) in [6.45, 7) is 0.536. The van der Waals surface area contributed by atoms with Crippen LogP contribution in [0.4, 0.5) is 0 Å². The van der Waals surface area contributed by atoms with E-state index >= 15 is 0 Å². The van der Waals surface area contributed by atoms with Gasteiger partial charge in [0.25, 0.3) is 6.02 Å². The summed E-state index contributed by atoms with van der Waals surface area (Å²) in [6.07, 6.45) is 0. The van der Waals surface area contributed by atoms with Crippen LogP contribution in [0, 0.1) is 0 Å². The highest BCUT2D eigenvalue weighted by Gasteiger charge is 2.20. The number of nitrogens with zero attached hydrogens (tertiary/aromatic N) is 1. The monoisotopic (exact) mass is 240 g/mol. The molecule has 0 aromatic heterocycles. The number of halogens is 1. The van der Waals surface area contributed by atoms with E-state index in [9.17, 15) is 0 Å². The van der Waals surface area contributed by atoms with E-state index in [-0.39, 0.29) is 12.1 Å². The van der Waals surface area contributed by atoms with Gasteiger partial charge in [0.15, 0.2) is 0 Å². The lowest BCUT2D eigenvalue weighted by molar-refractivity contribution is 0.315. The third-order valence-corrected chi connectivity index (χ3v) is 2.66. The molecule has 0 unspecified atom stereocenters. The molecule has 0 saturated heterocycles. The summed E-state index contributed by atoms with van der Waals surface area (Å²) in [6, 6.07) is 8.26. The minimum Gasteiger partial charge on any atom is -0.463 e. The van der Waals surface area contributed by atoms with Crippen LogP contribution < -0.4 is 5.73 Å². The smallest absolute Gasteiger partial charge is 0.282 e. The first-order valence-corrected chi connectivity index (χ1v) is 4.77. The Bertz CT molecular complexity index is 351. The summed E-state index contributed by atoms with van der Waals surface area (Å²) in [4.78, 5) is 4.16. The lowest BCUT2D eigenvalue weighted by Gasteiger charge is -2.06. The van der Waals surface area contributed by atoms with Crippen molar-refractivity contribution in [1.29, 1.82) is 0 Å². The summed E-state index contributed by atoms with van der Waals surface area (Å²) >= 11 is 3.46. The Kier molecular flexibility index (Phi) is 2.22. The Morgan fingerprint density at radius 2 is 2.23 bits per heavy atom. The van der Waals surface area contributed by atoms with E-state index < -0.39 is 0 Å². The highest BCUT2D eigenvalue weighted by Crippen LogP contribution is 2.28. The fraction of sp³-hybridized carbons (Fsp3) is 0.222. The first-order chi connectivity index (χ1) is 6.27. The molecule has 2 N–H and O–H groups in total. The van der Waals surface area contributed by atoms with Crippen molar-refractivity contribution in [3.05, 3.63) is 34.3 Å². The number of ether oxygens (including phenoxy) is 1. The van der Waals surface area contributed by atoms with Crippen molar-refractivity contribution in [3.8, 4) is 0 Å². The summed E-state index contributed by atoms with van der Waals surface area (Å²) < 4.78 is 6.13. The highest BCUT2D eigenvalue weighted by atomic mass is 79.9. The average molecular weight is 241 g/mol. The van der Waals surface area contributed by atoms with Crippen molar-refractivity contribution in [3.63, 3.8) is 0 Å². The number of amidine groups is 1. The third-order valence-electron chi connectivity index (χ3n) is 1.94. The molecule has 0 aliphatic carbocycles. The maximum atomic E-state index is 5.43. The molecule has 1 atom stereocenters. The molecule has 0 fully saturated rings. The molecule has 3 nitrogen and oxygen atoms in total. The molecule has 1 aromatic rings. The average Bonchev–Trinajstić information content (AvgIpc) is 2.53. The van der Waals surface area contributed by atoms with Crippen molar-refractivity contribution in [2.45, 2.75) is 6.04 Å². The standard InChI is InChI=1S/C9H9BrN2O/c10-7-4-2-1-3-6(7)8-5-13-9(11)12-8/h1-4,8H,5H2,(H2,11,12)/t8-/m1/s1. The zero-order valence-corrected chi connectivity index (χ0v) is 8.49. The summed E-state index contributed by atoms with van der Waals surface area (Å²) in [5.74, 6) is 0. The molecule has 0 radical (unpaired) electrons. The van der Waals surface area contributed by atoms with Crippen molar-refractivity contribution >= 4 is 22.0 Å². The van der Waals surface area contributed by atoms with Gasteiger partial charge in [-0.25, -0.2) is 4.99 Å². The number of hydrogen-bond acceptors (Lipinski definition) is 3. The fourth-order valence-electron chi connectivity index (χ4n) is 1.30. The molecule has 1 aliphatic heterocycles. The molecule has 4 heteroatoms. The quantitative estimate of drug-likeness (QED) is 0.815. The normalized spacial score (nSPS) is 21.0. The van der Waals surface area contributed by atoms with Crippen LogP contribution in [0.5, 0.6) is 0 Å². The third kappa shape index (κ3) is 1.67. The van der Waals surface area contributed by atoms with Gasteiger partial charge >= 0.3 is 0 Å². The van der Waals surface area contributed by atoms with Gasteiger partial charge in [0.05, 0.1) is 0 Å². The molecular formula is C9H9BrN2O.